The van der Waals surface area contributed by atoms with E-state index < -0.39 is 30.3 Å². The van der Waals surface area contributed by atoms with E-state index in [0.29, 0.717) is 5.69 Å². The van der Waals surface area contributed by atoms with E-state index in [4.69, 9.17) is 10.2 Å². The highest BCUT2D eigenvalue weighted by Gasteiger charge is 2.27. The van der Waals surface area contributed by atoms with Gasteiger partial charge >= 0.3 is 11.9 Å². The van der Waals surface area contributed by atoms with Crippen LogP contribution in [0.15, 0.2) is 18.3 Å². The number of amides is 1. The van der Waals surface area contributed by atoms with Crippen molar-refractivity contribution in [3.8, 4) is 0 Å². The minimum absolute atomic E-state index is 0.272. The number of carbonyl (C=O) groups is 3. The van der Waals surface area contributed by atoms with E-state index >= 15 is 0 Å². The highest BCUT2D eigenvalue weighted by Crippen LogP contribution is 2.32. The van der Waals surface area contributed by atoms with Crippen LogP contribution in [0.5, 0.6) is 0 Å². The van der Waals surface area contributed by atoms with Gasteiger partial charge in [0.1, 0.15) is 11.7 Å². The van der Waals surface area contributed by atoms with Crippen LogP contribution in [0.2, 0.25) is 0 Å². The summed E-state index contributed by atoms with van der Waals surface area (Å²) in [6.45, 7) is 0. The molecule has 0 bridgehead atoms. The standard InChI is InChI=1S/C13H16N2O5/c16-11(17)7-9(13(19)20)14-12(18)10-5-2-6-15(10)8-3-1-4-8/h2,5-6,8-9H,1,3-4,7H2,(H,14,18)(H,16,17)(H,19,20). The molecule has 0 radical (unpaired) electrons. The average Bonchev–Trinajstić information content (AvgIpc) is 2.73. The Labute approximate surface area is 115 Å². The number of carboxylic acids is 2. The van der Waals surface area contributed by atoms with Gasteiger partial charge < -0.3 is 20.1 Å². The third-order valence-corrected chi connectivity index (χ3v) is 3.46. The van der Waals surface area contributed by atoms with E-state index in [1.807, 2.05) is 4.57 Å². The molecule has 1 atom stereocenters. The summed E-state index contributed by atoms with van der Waals surface area (Å²) >= 11 is 0. The third kappa shape index (κ3) is 2.98. The summed E-state index contributed by atoms with van der Waals surface area (Å²) in [5.41, 5.74) is 0.367. The van der Waals surface area contributed by atoms with Crippen LogP contribution < -0.4 is 5.32 Å². The number of nitrogens with zero attached hydrogens (tertiary/aromatic N) is 1. The van der Waals surface area contributed by atoms with Gasteiger partial charge in [-0.15, -0.1) is 0 Å². The number of carboxylic acid groups (broad SMARTS) is 2. The first kappa shape index (κ1) is 14.1. The lowest BCUT2D eigenvalue weighted by Crippen LogP contribution is -2.43. The minimum Gasteiger partial charge on any atom is -0.481 e. The summed E-state index contributed by atoms with van der Waals surface area (Å²) in [4.78, 5) is 33.6. The fraction of sp³-hybridized carbons (Fsp3) is 0.462. The Morgan fingerprint density at radius 3 is 2.55 bits per heavy atom. The fourth-order valence-electron chi connectivity index (χ4n) is 2.18. The average molecular weight is 280 g/mol. The molecule has 108 valence electrons. The Morgan fingerprint density at radius 2 is 2.05 bits per heavy atom. The Hall–Kier alpha value is -2.31. The second-order valence-electron chi connectivity index (χ2n) is 4.85. The molecule has 7 nitrogen and oxygen atoms in total. The lowest BCUT2D eigenvalue weighted by Gasteiger charge is -2.29. The van der Waals surface area contributed by atoms with Crippen LogP contribution in [0.25, 0.3) is 0 Å². The summed E-state index contributed by atoms with van der Waals surface area (Å²) < 4.78 is 1.82. The van der Waals surface area contributed by atoms with E-state index in [0.717, 1.165) is 19.3 Å². The smallest absolute Gasteiger partial charge is 0.326 e. The first-order chi connectivity index (χ1) is 9.49. The molecule has 1 fully saturated rings. The number of aromatic nitrogens is 1. The summed E-state index contributed by atoms with van der Waals surface area (Å²) in [6.07, 6.45) is 4.23. The Balaban J connectivity index is 2.08. The zero-order chi connectivity index (χ0) is 14.7. The van der Waals surface area contributed by atoms with Crippen molar-refractivity contribution in [2.45, 2.75) is 37.8 Å². The van der Waals surface area contributed by atoms with E-state index in [-0.39, 0.29) is 6.04 Å². The molecule has 1 aromatic heterocycles. The van der Waals surface area contributed by atoms with E-state index in [2.05, 4.69) is 5.32 Å². The van der Waals surface area contributed by atoms with E-state index in [1.165, 1.54) is 0 Å². The van der Waals surface area contributed by atoms with Crippen LogP contribution in [0.1, 0.15) is 42.2 Å². The van der Waals surface area contributed by atoms with Crippen LogP contribution in [-0.4, -0.2) is 38.7 Å². The molecule has 1 saturated carbocycles. The Morgan fingerprint density at radius 1 is 1.35 bits per heavy atom. The molecule has 3 N–H and O–H groups in total. The van der Waals surface area contributed by atoms with Gasteiger partial charge in [-0.2, -0.15) is 0 Å². The molecule has 1 aliphatic carbocycles. The third-order valence-electron chi connectivity index (χ3n) is 3.46. The van der Waals surface area contributed by atoms with Gasteiger partial charge in [0.15, 0.2) is 0 Å². The van der Waals surface area contributed by atoms with Crippen LogP contribution >= 0.6 is 0 Å². The van der Waals surface area contributed by atoms with Gasteiger partial charge in [0.2, 0.25) is 0 Å². The van der Waals surface area contributed by atoms with E-state index in [9.17, 15) is 14.4 Å². The predicted octanol–water partition coefficient (Wildman–Crippen LogP) is 0.871. The molecule has 1 unspecified atom stereocenters. The van der Waals surface area contributed by atoms with Gasteiger partial charge in [0.25, 0.3) is 5.91 Å². The first-order valence-electron chi connectivity index (χ1n) is 6.41. The molecular weight excluding hydrogens is 264 g/mol. The molecule has 1 amide bonds. The molecule has 20 heavy (non-hydrogen) atoms. The number of aliphatic carboxylic acids is 2. The van der Waals surface area contributed by atoms with Crippen LogP contribution in [0, 0.1) is 0 Å². The summed E-state index contributed by atoms with van der Waals surface area (Å²) in [6, 6.07) is 2.17. The number of nitrogens with one attached hydrogen (secondary N) is 1. The van der Waals surface area contributed by atoms with Gasteiger partial charge in [0, 0.05) is 12.2 Å². The van der Waals surface area contributed by atoms with Gasteiger partial charge in [-0.05, 0) is 31.4 Å². The van der Waals surface area contributed by atoms with Gasteiger partial charge in [-0.3, -0.25) is 9.59 Å². The SMILES string of the molecule is O=C(O)CC(NC(=O)c1cccn1C1CCC1)C(=O)O. The fourth-order valence-corrected chi connectivity index (χ4v) is 2.18. The van der Waals surface area contributed by atoms with Crippen LogP contribution in [-0.2, 0) is 9.59 Å². The Kier molecular flexibility index (Phi) is 4.07. The maximum Gasteiger partial charge on any atom is 0.326 e. The zero-order valence-electron chi connectivity index (χ0n) is 10.8. The topological polar surface area (TPSA) is 109 Å². The first-order valence-corrected chi connectivity index (χ1v) is 6.41. The molecule has 7 heteroatoms. The van der Waals surface area contributed by atoms with Crippen molar-refractivity contribution in [3.63, 3.8) is 0 Å². The zero-order valence-corrected chi connectivity index (χ0v) is 10.8. The predicted molar refractivity (Wildman–Crippen MR) is 68.5 cm³/mol. The molecular formula is C13H16N2O5. The highest BCUT2D eigenvalue weighted by atomic mass is 16.4. The van der Waals surface area contributed by atoms with Crippen molar-refractivity contribution >= 4 is 17.8 Å². The van der Waals surface area contributed by atoms with Crippen molar-refractivity contribution in [2.75, 3.05) is 0 Å². The number of hydrogen-bond acceptors (Lipinski definition) is 3. The molecule has 0 aliphatic heterocycles. The van der Waals surface area contributed by atoms with Crippen LogP contribution in [0.4, 0.5) is 0 Å². The number of hydrogen-bond donors (Lipinski definition) is 3. The van der Waals surface area contributed by atoms with Crippen molar-refractivity contribution in [2.24, 2.45) is 0 Å². The van der Waals surface area contributed by atoms with Gasteiger partial charge in [0.05, 0.1) is 6.42 Å². The molecule has 0 saturated heterocycles. The Bertz CT molecular complexity index is 533. The van der Waals surface area contributed by atoms with Gasteiger partial charge in [-0.1, -0.05) is 0 Å². The number of rotatable bonds is 6. The maximum absolute atomic E-state index is 12.1. The molecule has 0 aromatic carbocycles. The van der Waals surface area contributed by atoms with Gasteiger partial charge in [-0.25, -0.2) is 4.79 Å². The largest absolute Gasteiger partial charge is 0.481 e. The van der Waals surface area contributed by atoms with E-state index in [1.54, 1.807) is 18.3 Å². The molecule has 2 rings (SSSR count). The number of carbonyl (C=O) groups excluding carboxylic acids is 1. The molecule has 0 spiro atoms. The van der Waals surface area contributed by atoms with Crippen molar-refractivity contribution in [1.82, 2.24) is 9.88 Å². The maximum atomic E-state index is 12.1. The second kappa shape index (κ2) is 5.77. The minimum atomic E-state index is -1.43. The summed E-state index contributed by atoms with van der Waals surface area (Å²) in [5.74, 6) is -3.19. The monoisotopic (exact) mass is 280 g/mol. The lowest BCUT2D eigenvalue weighted by molar-refractivity contribution is -0.145. The van der Waals surface area contributed by atoms with Crippen molar-refractivity contribution in [3.05, 3.63) is 24.0 Å². The van der Waals surface area contributed by atoms with Crippen molar-refractivity contribution < 1.29 is 24.6 Å². The lowest BCUT2D eigenvalue weighted by atomic mass is 9.93. The quantitative estimate of drug-likeness (QED) is 0.716. The highest BCUT2D eigenvalue weighted by molar-refractivity contribution is 5.96. The van der Waals surface area contributed by atoms with Crippen molar-refractivity contribution in [1.29, 1.82) is 0 Å². The molecule has 1 heterocycles. The van der Waals surface area contributed by atoms with Crippen LogP contribution in [0.3, 0.4) is 0 Å². The summed E-state index contributed by atoms with van der Waals surface area (Å²) in [5, 5.41) is 19.8. The molecule has 1 aliphatic rings. The molecule has 1 aromatic rings. The summed E-state index contributed by atoms with van der Waals surface area (Å²) in [7, 11) is 0. The second-order valence-corrected chi connectivity index (χ2v) is 4.85. The normalized spacial score (nSPS) is 16.2.